The average Bonchev–Trinajstić information content (AvgIpc) is 3.40. The second kappa shape index (κ2) is 5.65. The molecule has 0 unspecified atom stereocenters. The third-order valence-corrected chi connectivity index (χ3v) is 4.94. The van der Waals surface area contributed by atoms with Crippen molar-refractivity contribution in [3.63, 3.8) is 0 Å². The Bertz CT molecular complexity index is 639. The van der Waals surface area contributed by atoms with Crippen LogP contribution < -0.4 is 10.6 Å². The van der Waals surface area contributed by atoms with Crippen molar-refractivity contribution in [1.82, 2.24) is 0 Å². The lowest BCUT2D eigenvalue weighted by molar-refractivity contribution is 0.181. The molecule has 114 valence electrons. The van der Waals surface area contributed by atoms with Gasteiger partial charge in [0.2, 0.25) is 0 Å². The van der Waals surface area contributed by atoms with Gasteiger partial charge < -0.3 is 15.7 Å². The molecule has 0 bridgehead atoms. The molecule has 3 heteroatoms. The minimum absolute atomic E-state index is 0.149. The van der Waals surface area contributed by atoms with Gasteiger partial charge in [-0.1, -0.05) is 36.4 Å². The predicted octanol–water partition coefficient (Wildman–Crippen LogP) is 3.65. The summed E-state index contributed by atoms with van der Waals surface area (Å²) in [5.41, 5.74) is 3.57. The van der Waals surface area contributed by atoms with Crippen LogP contribution in [0, 0.1) is 11.8 Å². The summed E-state index contributed by atoms with van der Waals surface area (Å²) in [7, 11) is 0. The van der Waals surface area contributed by atoms with Crippen molar-refractivity contribution >= 4 is 11.4 Å². The highest BCUT2D eigenvalue weighted by molar-refractivity contribution is 5.59. The van der Waals surface area contributed by atoms with E-state index < -0.39 is 0 Å². The summed E-state index contributed by atoms with van der Waals surface area (Å²) in [6, 6.07) is 19.3. The van der Waals surface area contributed by atoms with Crippen LogP contribution in [-0.4, -0.2) is 17.8 Å². The summed E-state index contributed by atoms with van der Waals surface area (Å²) in [6.45, 7) is 0.201. The summed E-state index contributed by atoms with van der Waals surface area (Å²) in [4.78, 5) is 0. The van der Waals surface area contributed by atoms with Crippen molar-refractivity contribution in [2.24, 2.45) is 11.8 Å². The molecule has 1 fully saturated rings. The van der Waals surface area contributed by atoms with E-state index in [0.717, 1.165) is 5.69 Å². The third kappa shape index (κ3) is 2.46. The Morgan fingerprint density at radius 3 is 2.45 bits per heavy atom. The van der Waals surface area contributed by atoms with E-state index in [4.69, 9.17) is 0 Å². The van der Waals surface area contributed by atoms with Gasteiger partial charge in [-0.3, -0.25) is 0 Å². The third-order valence-electron chi connectivity index (χ3n) is 4.94. The summed E-state index contributed by atoms with van der Waals surface area (Å²) < 4.78 is 0. The molecule has 0 saturated heterocycles. The van der Waals surface area contributed by atoms with Crippen LogP contribution in [0.5, 0.6) is 0 Å². The molecule has 3 nitrogen and oxygen atoms in total. The van der Waals surface area contributed by atoms with Gasteiger partial charge in [-0.2, -0.15) is 0 Å². The molecule has 0 spiro atoms. The molecular formula is C19H22N2O. The Hall–Kier alpha value is -2.00. The highest BCUT2D eigenvalue weighted by atomic mass is 16.3. The number of aliphatic hydroxyl groups is 1. The lowest BCUT2D eigenvalue weighted by Crippen LogP contribution is -2.43. The Kier molecular flexibility index (Phi) is 3.51. The molecular weight excluding hydrogens is 272 g/mol. The fourth-order valence-electron chi connectivity index (χ4n) is 3.66. The molecule has 1 aliphatic carbocycles. The van der Waals surface area contributed by atoms with Crippen molar-refractivity contribution in [3.05, 3.63) is 60.2 Å². The van der Waals surface area contributed by atoms with Gasteiger partial charge >= 0.3 is 0 Å². The molecule has 2 aliphatic rings. The summed E-state index contributed by atoms with van der Waals surface area (Å²) in [6.07, 6.45) is 2.54. The van der Waals surface area contributed by atoms with Crippen LogP contribution in [0.3, 0.4) is 0 Å². The van der Waals surface area contributed by atoms with E-state index in [2.05, 4.69) is 47.0 Å². The van der Waals surface area contributed by atoms with Crippen LogP contribution in [0.15, 0.2) is 54.6 Å². The Balaban J connectivity index is 1.71. The minimum Gasteiger partial charge on any atom is -0.396 e. The molecule has 0 radical (unpaired) electrons. The summed E-state index contributed by atoms with van der Waals surface area (Å²) in [5, 5.41) is 17.4. The standard InChI is InChI=1S/C19H22N2O/c22-12-16-18(13-10-11-13)21-17-9-5-4-8-15(17)19(16)20-14-6-2-1-3-7-14/h1-9,13,16,18-22H,10-12H2/t16-,18+,19-/m0/s1. The normalized spacial score (nSPS) is 26.9. The van der Waals surface area contributed by atoms with E-state index in [9.17, 15) is 5.11 Å². The van der Waals surface area contributed by atoms with Gasteiger partial charge in [-0.15, -0.1) is 0 Å². The molecule has 2 aromatic carbocycles. The zero-order chi connectivity index (χ0) is 14.9. The first-order valence-corrected chi connectivity index (χ1v) is 8.15. The fourth-order valence-corrected chi connectivity index (χ4v) is 3.66. The van der Waals surface area contributed by atoms with Crippen molar-refractivity contribution in [2.75, 3.05) is 17.2 Å². The molecule has 3 N–H and O–H groups in total. The SMILES string of the molecule is OC[C@H]1[C@@H](C2CC2)Nc2ccccc2[C@@H]1Nc1ccccc1. The maximum atomic E-state index is 10.0. The van der Waals surface area contributed by atoms with Crippen molar-refractivity contribution in [3.8, 4) is 0 Å². The van der Waals surface area contributed by atoms with Crippen LogP contribution in [0.2, 0.25) is 0 Å². The zero-order valence-corrected chi connectivity index (χ0v) is 12.6. The van der Waals surface area contributed by atoms with Gasteiger partial charge in [-0.25, -0.2) is 0 Å². The number of nitrogens with one attached hydrogen (secondary N) is 2. The number of fused-ring (bicyclic) bond motifs is 1. The topological polar surface area (TPSA) is 44.3 Å². The van der Waals surface area contributed by atoms with E-state index in [0.29, 0.717) is 12.0 Å². The maximum absolute atomic E-state index is 10.0. The van der Waals surface area contributed by atoms with Gasteiger partial charge in [0.05, 0.1) is 12.6 Å². The van der Waals surface area contributed by atoms with Crippen LogP contribution in [0.1, 0.15) is 24.4 Å². The number of para-hydroxylation sites is 2. The smallest absolute Gasteiger partial charge is 0.0604 e. The highest BCUT2D eigenvalue weighted by Gasteiger charge is 2.43. The minimum atomic E-state index is 0.149. The van der Waals surface area contributed by atoms with Gasteiger partial charge in [0.1, 0.15) is 0 Å². The van der Waals surface area contributed by atoms with Crippen molar-refractivity contribution < 1.29 is 5.11 Å². The number of hydrogen-bond donors (Lipinski definition) is 3. The van der Waals surface area contributed by atoms with Gasteiger partial charge in [0, 0.05) is 23.3 Å². The predicted molar refractivity (Wildman–Crippen MR) is 90.0 cm³/mol. The molecule has 4 rings (SSSR count). The van der Waals surface area contributed by atoms with Crippen LogP contribution in [0.4, 0.5) is 11.4 Å². The second-order valence-corrected chi connectivity index (χ2v) is 6.43. The number of aliphatic hydroxyl groups excluding tert-OH is 1. The lowest BCUT2D eigenvalue weighted by atomic mass is 9.80. The van der Waals surface area contributed by atoms with Gasteiger partial charge in [0.25, 0.3) is 0 Å². The largest absolute Gasteiger partial charge is 0.396 e. The molecule has 0 amide bonds. The van der Waals surface area contributed by atoms with Gasteiger partial charge in [0.15, 0.2) is 0 Å². The molecule has 1 aliphatic heterocycles. The Morgan fingerprint density at radius 2 is 1.73 bits per heavy atom. The highest BCUT2D eigenvalue weighted by Crippen LogP contribution is 2.46. The number of hydrogen-bond acceptors (Lipinski definition) is 3. The average molecular weight is 294 g/mol. The van der Waals surface area contributed by atoms with Crippen LogP contribution >= 0.6 is 0 Å². The maximum Gasteiger partial charge on any atom is 0.0604 e. The van der Waals surface area contributed by atoms with Gasteiger partial charge in [-0.05, 0) is 42.5 Å². The second-order valence-electron chi connectivity index (χ2n) is 6.43. The van der Waals surface area contributed by atoms with E-state index >= 15 is 0 Å². The molecule has 1 saturated carbocycles. The van der Waals surface area contributed by atoms with E-state index in [1.165, 1.54) is 24.1 Å². The first kappa shape index (κ1) is 13.6. The number of rotatable bonds is 4. The van der Waals surface area contributed by atoms with Crippen LogP contribution in [0.25, 0.3) is 0 Å². The summed E-state index contributed by atoms with van der Waals surface area (Å²) >= 11 is 0. The fraction of sp³-hybridized carbons (Fsp3) is 0.368. The molecule has 0 aromatic heterocycles. The van der Waals surface area contributed by atoms with E-state index in [-0.39, 0.29) is 18.6 Å². The zero-order valence-electron chi connectivity index (χ0n) is 12.6. The first-order valence-electron chi connectivity index (χ1n) is 8.15. The van der Waals surface area contributed by atoms with Crippen LogP contribution in [-0.2, 0) is 0 Å². The van der Waals surface area contributed by atoms with Crippen molar-refractivity contribution in [2.45, 2.75) is 24.9 Å². The summed E-state index contributed by atoms with van der Waals surface area (Å²) in [5.74, 6) is 0.896. The first-order chi connectivity index (χ1) is 10.9. The number of anilines is 2. The molecule has 22 heavy (non-hydrogen) atoms. The molecule has 2 aromatic rings. The lowest BCUT2D eigenvalue weighted by Gasteiger charge is -2.41. The number of benzene rings is 2. The Labute approximate surface area is 131 Å². The monoisotopic (exact) mass is 294 g/mol. The molecule has 1 heterocycles. The van der Waals surface area contributed by atoms with Crippen molar-refractivity contribution in [1.29, 1.82) is 0 Å². The van der Waals surface area contributed by atoms with E-state index in [1.54, 1.807) is 0 Å². The Morgan fingerprint density at radius 1 is 1.00 bits per heavy atom. The van der Waals surface area contributed by atoms with E-state index in [1.807, 2.05) is 18.2 Å². The molecule has 3 atom stereocenters. The quantitative estimate of drug-likeness (QED) is 0.806.